The first-order chi connectivity index (χ1) is 19.4. The molecule has 2 N–H and O–H groups in total. The third kappa shape index (κ3) is 7.78. The van der Waals surface area contributed by atoms with Crippen LogP contribution in [0.1, 0.15) is 49.9 Å². The average Bonchev–Trinajstić information content (AvgIpc) is 3.53. The summed E-state index contributed by atoms with van der Waals surface area (Å²) >= 11 is 1.62. The second kappa shape index (κ2) is 14.1. The number of rotatable bonds is 13. The molecule has 3 aromatic carbocycles. The van der Waals surface area contributed by atoms with Gasteiger partial charge in [0.25, 0.3) is 5.91 Å². The van der Waals surface area contributed by atoms with Crippen LogP contribution in [0.4, 0.5) is 0 Å². The lowest BCUT2D eigenvalue weighted by Crippen LogP contribution is -2.30. The average molecular weight is 531 g/mol. The first-order valence-electron chi connectivity index (χ1n) is 13.5. The number of nitrogens with zero attached hydrogens (tertiary/aromatic N) is 1. The van der Waals surface area contributed by atoms with E-state index in [1.807, 2.05) is 60.0 Å². The molecule has 0 radical (unpaired) electrons. The number of thiophene rings is 1. The van der Waals surface area contributed by atoms with Crippen molar-refractivity contribution < 1.29 is 22.3 Å². The first-order valence-corrected chi connectivity index (χ1v) is 13.4. The topological polar surface area (TPSA) is 78.9 Å². The van der Waals surface area contributed by atoms with E-state index in [0.29, 0.717) is 41.9 Å². The van der Waals surface area contributed by atoms with Gasteiger partial charge in [0.1, 0.15) is 5.75 Å². The van der Waals surface area contributed by atoms with Gasteiger partial charge in [-0.15, -0.1) is 11.3 Å². The summed E-state index contributed by atoms with van der Waals surface area (Å²) in [6, 6.07) is 27.3. The van der Waals surface area contributed by atoms with Crippen molar-refractivity contribution in [3.63, 3.8) is 0 Å². The Morgan fingerprint density at radius 3 is 2.39 bits per heavy atom. The molecule has 196 valence electrons. The van der Waals surface area contributed by atoms with Crippen molar-refractivity contribution in [1.29, 1.82) is 0 Å². The highest BCUT2D eigenvalue weighted by Crippen LogP contribution is 2.26. The number of para-hydroxylation sites is 1. The summed E-state index contributed by atoms with van der Waals surface area (Å²) in [7, 11) is 0. The number of hydroxylamine groups is 1. The Morgan fingerprint density at radius 1 is 0.895 bits per heavy atom. The number of unbranched alkanes of at least 4 members (excludes halogenated alkanes) is 2. The molecule has 4 aromatic rings. The maximum Gasteiger partial charge on any atom is 0.254 e. The van der Waals surface area contributed by atoms with E-state index < -0.39 is 18.3 Å². The van der Waals surface area contributed by atoms with Gasteiger partial charge in [-0.3, -0.25) is 14.8 Å². The Kier molecular flexibility index (Phi) is 9.07. The van der Waals surface area contributed by atoms with Crippen LogP contribution in [0.25, 0.3) is 10.4 Å². The Morgan fingerprint density at radius 2 is 1.66 bits per heavy atom. The minimum absolute atomic E-state index is 0.000246. The van der Waals surface area contributed by atoms with Gasteiger partial charge in [-0.05, 0) is 60.0 Å². The third-order valence-electron chi connectivity index (χ3n) is 5.95. The molecule has 0 spiro atoms. The van der Waals surface area contributed by atoms with Crippen LogP contribution in [-0.4, -0.2) is 28.5 Å². The van der Waals surface area contributed by atoms with Crippen LogP contribution in [-0.2, 0) is 17.8 Å². The fraction of sp³-hybridized carbons (Fsp3) is 0.226. The molecule has 0 aliphatic carbocycles. The van der Waals surface area contributed by atoms with Crippen molar-refractivity contribution in [2.45, 2.75) is 38.7 Å². The standard InChI is InChI=1S/C31H32N2O4S/c34-30(32-36)15-5-2-8-20-37-28-13-7-6-12-27(28)23-33(22-24-10-3-1-4-11-24)31(35)26-18-16-25(17-19-26)29-14-9-21-38-29/h1,3-4,6-7,9-14,16-19,21,36H,2,5,8,15,20,22-23H2,(H,32,34)/i22D2. The molecule has 4 rings (SSSR count). The molecule has 0 fully saturated rings. The van der Waals surface area contributed by atoms with Gasteiger partial charge in [0.15, 0.2) is 0 Å². The number of hydrogen-bond donors (Lipinski definition) is 2. The molecular formula is C31H32N2O4S. The highest BCUT2D eigenvalue weighted by molar-refractivity contribution is 7.13. The predicted molar refractivity (Wildman–Crippen MR) is 150 cm³/mol. The van der Waals surface area contributed by atoms with Crippen LogP contribution >= 0.6 is 11.3 Å². The number of nitrogens with one attached hydrogen (secondary N) is 1. The van der Waals surface area contributed by atoms with Crippen molar-refractivity contribution in [2.24, 2.45) is 0 Å². The fourth-order valence-corrected chi connectivity index (χ4v) is 4.69. The molecule has 0 bridgehead atoms. The molecule has 0 saturated carbocycles. The summed E-state index contributed by atoms with van der Waals surface area (Å²) in [6.07, 6.45) is 2.32. The van der Waals surface area contributed by atoms with Crippen LogP contribution in [0.3, 0.4) is 0 Å². The quantitative estimate of drug-likeness (QED) is 0.115. The molecule has 6 nitrogen and oxygen atoms in total. The van der Waals surface area contributed by atoms with E-state index in [1.165, 1.54) is 4.90 Å². The Labute approximate surface area is 230 Å². The van der Waals surface area contributed by atoms with Gasteiger partial charge in [0.05, 0.1) is 9.35 Å². The molecule has 7 heteroatoms. The molecule has 2 amide bonds. The normalized spacial score (nSPS) is 11.8. The highest BCUT2D eigenvalue weighted by atomic mass is 32.1. The fourth-order valence-electron chi connectivity index (χ4n) is 3.95. The third-order valence-corrected chi connectivity index (χ3v) is 6.87. The number of hydrogen-bond acceptors (Lipinski definition) is 5. The monoisotopic (exact) mass is 530 g/mol. The summed E-state index contributed by atoms with van der Waals surface area (Å²) in [5.41, 5.74) is 4.09. The predicted octanol–water partition coefficient (Wildman–Crippen LogP) is 6.70. The smallest absolute Gasteiger partial charge is 0.254 e. The van der Waals surface area contributed by atoms with Gasteiger partial charge in [0, 0.05) is 35.5 Å². The summed E-state index contributed by atoms with van der Waals surface area (Å²) in [5, 5.41) is 10.6. The van der Waals surface area contributed by atoms with Crippen LogP contribution in [0, 0.1) is 0 Å². The lowest BCUT2D eigenvalue weighted by atomic mass is 10.1. The molecule has 1 aromatic heterocycles. The van der Waals surface area contributed by atoms with Crippen molar-refractivity contribution in [3.05, 3.63) is 113 Å². The molecule has 0 aliphatic rings. The van der Waals surface area contributed by atoms with Crippen LogP contribution in [0.15, 0.2) is 96.4 Å². The summed E-state index contributed by atoms with van der Waals surface area (Å²) in [6.45, 7) is -1.69. The molecule has 0 unspecified atom stereocenters. The van der Waals surface area contributed by atoms with E-state index in [1.54, 1.807) is 53.2 Å². The van der Waals surface area contributed by atoms with Gasteiger partial charge in [-0.1, -0.05) is 66.7 Å². The van der Waals surface area contributed by atoms with Gasteiger partial charge in [-0.25, -0.2) is 5.48 Å². The number of carbonyl (C=O) groups is 2. The number of carbonyl (C=O) groups excluding carboxylic acids is 2. The molecule has 0 atom stereocenters. The SMILES string of the molecule is [2H]C([2H])(c1ccccc1)N(Cc1ccccc1OCCCCCC(=O)NO)C(=O)c1ccc(-c2cccs2)cc1. The van der Waals surface area contributed by atoms with Gasteiger partial charge >= 0.3 is 0 Å². The maximum atomic E-state index is 13.9. The second-order valence-electron chi connectivity index (χ2n) is 8.73. The Bertz CT molecular complexity index is 1380. The largest absolute Gasteiger partial charge is 0.493 e. The van der Waals surface area contributed by atoms with E-state index in [9.17, 15) is 9.59 Å². The lowest BCUT2D eigenvalue weighted by molar-refractivity contribution is -0.129. The zero-order chi connectivity index (χ0) is 28.4. The van der Waals surface area contributed by atoms with E-state index in [0.717, 1.165) is 16.9 Å². The van der Waals surface area contributed by atoms with Crippen molar-refractivity contribution in [2.75, 3.05) is 6.61 Å². The van der Waals surface area contributed by atoms with Gasteiger partial charge in [0.2, 0.25) is 5.91 Å². The first kappa shape index (κ1) is 24.4. The highest BCUT2D eigenvalue weighted by Gasteiger charge is 2.19. The molecule has 1 heterocycles. The summed E-state index contributed by atoms with van der Waals surface area (Å²) in [4.78, 5) is 27.4. The number of ether oxygens (including phenoxy) is 1. The lowest BCUT2D eigenvalue weighted by Gasteiger charge is -2.24. The van der Waals surface area contributed by atoms with E-state index in [2.05, 4.69) is 0 Å². The number of benzene rings is 3. The van der Waals surface area contributed by atoms with E-state index >= 15 is 0 Å². The molecule has 0 aliphatic heterocycles. The molecule has 0 saturated heterocycles. The van der Waals surface area contributed by atoms with Crippen LogP contribution in [0.5, 0.6) is 5.75 Å². The summed E-state index contributed by atoms with van der Waals surface area (Å²) in [5.74, 6) is -0.265. The maximum absolute atomic E-state index is 13.9. The summed E-state index contributed by atoms with van der Waals surface area (Å²) < 4.78 is 24.1. The minimum atomic E-state index is -2.09. The van der Waals surface area contributed by atoms with Gasteiger partial charge in [-0.2, -0.15) is 0 Å². The zero-order valence-electron chi connectivity index (χ0n) is 23.0. The second-order valence-corrected chi connectivity index (χ2v) is 9.67. The number of amides is 2. The van der Waals surface area contributed by atoms with E-state index in [-0.39, 0.29) is 13.0 Å². The molecular weight excluding hydrogens is 496 g/mol. The van der Waals surface area contributed by atoms with Crippen molar-refractivity contribution in [3.8, 4) is 16.2 Å². The minimum Gasteiger partial charge on any atom is -0.493 e. The Hall–Kier alpha value is -3.94. The zero-order valence-corrected chi connectivity index (χ0v) is 21.8. The van der Waals surface area contributed by atoms with Crippen molar-refractivity contribution >= 4 is 23.2 Å². The van der Waals surface area contributed by atoms with Gasteiger partial charge < -0.3 is 9.64 Å². The van der Waals surface area contributed by atoms with E-state index in [4.69, 9.17) is 12.7 Å². The Balaban J connectivity index is 1.54. The van der Waals surface area contributed by atoms with Crippen LogP contribution in [0.2, 0.25) is 0 Å². The van der Waals surface area contributed by atoms with Crippen molar-refractivity contribution in [1.82, 2.24) is 10.4 Å². The molecule has 38 heavy (non-hydrogen) atoms. The van der Waals surface area contributed by atoms with Crippen LogP contribution < -0.4 is 10.2 Å².